The first kappa shape index (κ1) is 16.3. The van der Waals surface area contributed by atoms with Gasteiger partial charge < -0.3 is 10.6 Å². The molecule has 0 bridgehead atoms. The van der Waals surface area contributed by atoms with Gasteiger partial charge >= 0.3 is 0 Å². The minimum atomic E-state index is -0.489. The smallest absolute Gasteiger partial charge is 0.128 e. The molecule has 1 heterocycles. The maximum atomic E-state index is 13.7. The van der Waals surface area contributed by atoms with Crippen LogP contribution in [-0.4, -0.2) is 49.1 Å². The lowest BCUT2D eigenvalue weighted by Crippen LogP contribution is -2.49. The van der Waals surface area contributed by atoms with Gasteiger partial charge in [-0.3, -0.25) is 4.90 Å². The highest BCUT2D eigenvalue weighted by Gasteiger charge is 2.21. The predicted molar refractivity (Wildman–Crippen MR) is 81.0 cm³/mol. The number of rotatable bonds is 5. The summed E-state index contributed by atoms with van der Waals surface area (Å²) in [5.74, 6) is -0.203. The lowest BCUT2D eigenvalue weighted by molar-refractivity contribution is 0.117. The van der Waals surface area contributed by atoms with Crippen LogP contribution >= 0.6 is 0 Å². The number of hydrogen-bond acceptors (Lipinski definition) is 3. The Labute approximate surface area is 125 Å². The van der Waals surface area contributed by atoms with Gasteiger partial charge in [0.2, 0.25) is 0 Å². The molecule has 0 saturated carbocycles. The Morgan fingerprint density at radius 3 is 2.19 bits per heavy atom. The minimum absolute atomic E-state index is 0.264. The summed E-state index contributed by atoms with van der Waals surface area (Å²) in [4.78, 5) is 4.67. The molecule has 1 aromatic carbocycles. The third-order valence-electron chi connectivity index (χ3n) is 3.90. The first-order valence-electron chi connectivity index (χ1n) is 7.61. The molecule has 1 fully saturated rings. The van der Waals surface area contributed by atoms with Gasteiger partial charge in [0, 0.05) is 50.9 Å². The van der Waals surface area contributed by atoms with Crippen LogP contribution in [0.25, 0.3) is 0 Å². The summed E-state index contributed by atoms with van der Waals surface area (Å²) >= 11 is 0. The molecule has 118 valence electrons. The van der Waals surface area contributed by atoms with Crippen molar-refractivity contribution in [3.63, 3.8) is 0 Å². The fraction of sp³-hybridized carbons (Fsp3) is 0.625. The van der Waals surface area contributed by atoms with Gasteiger partial charge in [-0.15, -0.1) is 0 Å². The highest BCUT2D eigenvalue weighted by atomic mass is 19.1. The van der Waals surface area contributed by atoms with Crippen molar-refractivity contribution < 1.29 is 8.78 Å². The second-order valence-corrected chi connectivity index (χ2v) is 6.27. The summed E-state index contributed by atoms with van der Waals surface area (Å²) in [5.41, 5.74) is 6.31. The molecule has 1 aliphatic heterocycles. The van der Waals surface area contributed by atoms with Crippen LogP contribution in [0, 0.1) is 17.6 Å². The average Bonchev–Trinajstić information content (AvgIpc) is 2.43. The van der Waals surface area contributed by atoms with Gasteiger partial charge in [0.25, 0.3) is 0 Å². The quantitative estimate of drug-likeness (QED) is 0.904. The second kappa shape index (κ2) is 7.29. The molecule has 2 N–H and O–H groups in total. The number of piperazine rings is 1. The Morgan fingerprint density at radius 1 is 1.05 bits per heavy atom. The van der Waals surface area contributed by atoms with Crippen molar-refractivity contribution in [3.05, 3.63) is 35.4 Å². The van der Waals surface area contributed by atoms with E-state index in [-0.39, 0.29) is 5.56 Å². The summed E-state index contributed by atoms with van der Waals surface area (Å²) in [6.07, 6.45) is 0. The van der Waals surface area contributed by atoms with E-state index >= 15 is 0 Å². The molecule has 1 aliphatic rings. The van der Waals surface area contributed by atoms with E-state index in [1.54, 1.807) is 0 Å². The Bertz CT molecular complexity index is 457. The molecule has 0 aliphatic carbocycles. The first-order valence-corrected chi connectivity index (χ1v) is 7.61. The van der Waals surface area contributed by atoms with Crippen LogP contribution in [0.1, 0.15) is 25.5 Å². The van der Waals surface area contributed by atoms with Crippen LogP contribution < -0.4 is 5.73 Å². The van der Waals surface area contributed by atoms with E-state index in [9.17, 15) is 8.78 Å². The molecule has 3 nitrogen and oxygen atoms in total. The van der Waals surface area contributed by atoms with Gasteiger partial charge in [-0.2, -0.15) is 0 Å². The number of halogens is 2. The van der Waals surface area contributed by atoms with Crippen LogP contribution in [0.5, 0.6) is 0 Å². The maximum Gasteiger partial charge on any atom is 0.128 e. The maximum absolute atomic E-state index is 13.7. The number of nitrogens with two attached hydrogens (primary N) is 1. The van der Waals surface area contributed by atoms with Gasteiger partial charge in [-0.1, -0.05) is 13.8 Å². The van der Waals surface area contributed by atoms with Crippen molar-refractivity contribution in [3.8, 4) is 0 Å². The normalized spacial score (nSPS) is 19.1. The molecule has 1 saturated heterocycles. The Kier molecular flexibility index (Phi) is 5.67. The van der Waals surface area contributed by atoms with Crippen LogP contribution in [-0.2, 0) is 0 Å². The van der Waals surface area contributed by atoms with Gasteiger partial charge in [-0.25, -0.2) is 8.78 Å². The van der Waals surface area contributed by atoms with E-state index < -0.39 is 17.7 Å². The third-order valence-corrected chi connectivity index (χ3v) is 3.90. The van der Waals surface area contributed by atoms with E-state index in [1.165, 1.54) is 6.07 Å². The molecule has 1 atom stereocenters. The van der Waals surface area contributed by atoms with E-state index in [1.807, 2.05) is 0 Å². The SMILES string of the molecule is CC(C)CN1CCN(CC(N)c2cc(F)ccc2F)CC1. The summed E-state index contributed by atoms with van der Waals surface area (Å²) in [5, 5.41) is 0. The molecule has 2 rings (SSSR count). The Balaban J connectivity index is 1.87. The van der Waals surface area contributed by atoms with Crippen molar-refractivity contribution in [2.75, 3.05) is 39.3 Å². The molecule has 0 aromatic heterocycles. The van der Waals surface area contributed by atoms with Crippen LogP contribution in [0.3, 0.4) is 0 Å². The van der Waals surface area contributed by atoms with E-state index in [4.69, 9.17) is 5.73 Å². The zero-order chi connectivity index (χ0) is 15.4. The number of nitrogens with zero attached hydrogens (tertiary/aromatic N) is 2. The molecule has 1 aromatic rings. The molecule has 0 spiro atoms. The minimum Gasteiger partial charge on any atom is -0.323 e. The molecule has 0 radical (unpaired) electrons. The average molecular weight is 297 g/mol. The van der Waals surface area contributed by atoms with E-state index in [0.717, 1.165) is 44.9 Å². The van der Waals surface area contributed by atoms with Gasteiger partial charge in [0.1, 0.15) is 11.6 Å². The molecular formula is C16H25F2N3. The third kappa shape index (κ3) is 4.73. The first-order chi connectivity index (χ1) is 9.95. The second-order valence-electron chi connectivity index (χ2n) is 6.27. The molecular weight excluding hydrogens is 272 g/mol. The van der Waals surface area contributed by atoms with Crippen molar-refractivity contribution in [1.29, 1.82) is 0 Å². The zero-order valence-corrected chi connectivity index (χ0v) is 12.9. The number of hydrogen-bond donors (Lipinski definition) is 1. The molecule has 1 unspecified atom stereocenters. The monoisotopic (exact) mass is 297 g/mol. The van der Waals surface area contributed by atoms with Crippen LogP contribution in [0.2, 0.25) is 0 Å². The largest absolute Gasteiger partial charge is 0.323 e. The molecule has 0 amide bonds. The molecule has 21 heavy (non-hydrogen) atoms. The van der Waals surface area contributed by atoms with Gasteiger partial charge in [-0.05, 0) is 24.1 Å². The van der Waals surface area contributed by atoms with E-state index in [0.29, 0.717) is 12.5 Å². The lowest BCUT2D eigenvalue weighted by atomic mass is 10.1. The van der Waals surface area contributed by atoms with Crippen LogP contribution in [0.4, 0.5) is 8.78 Å². The van der Waals surface area contributed by atoms with Gasteiger partial charge in [0.05, 0.1) is 0 Å². The highest BCUT2D eigenvalue weighted by Crippen LogP contribution is 2.18. The summed E-state index contributed by atoms with van der Waals surface area (Å²) < 4.78 is 26.9. The number of benzene rings is 1. The fourth-order valence-electron chi connectivity index (χ4n) is 2.85. The van der Waals surface area contributed by atoms with Crippen molar-refractivity contribution in [1.82, 2.24) is 9.80 Å². The van der Waals surface area contributed by atoms with E-state index in [2.05, 4.69) is 23.6 Å². The summed E-state index contributed by atoms with van der Waals surface area (Å²) in [6, 6.07) is 2.98. The summed E-state index contributed by atoms with van der Waals surface area (Å²) in [6.45, 7) is 9.99. The van der Waals surface area contributed by atoms with Crippen molar-refractivity contribution in [2.45, 2.75) is 19.9 Å². The summed E-state index contributed by atoms with van der Waals surface area (Å²) in [7, 11) is 0. The van der Waals surface area contributed by atoms with Crippen molar-refractivity contribution in [2.24, 2.45) is 11.7 Å². The molecule has 5 heteroatoms. The van der Waals surface area contributed by atoms with Crippen molar-refractivity contribution >= 4 is 0 Å². The standard InChI is InChI=1S/C16H25F2N3/c1-12(2)10-20-5-7-21(8-6-20)11-16(19)14-9-13(17)3-4-15(14)18/h3-4,9,12,16H,5-8,10-11,19H2,1-2H3. The zero-order valence-electron chi connectivity index (χ0n) is 12.9. The topological polar surface area (TPSA) is 32.5 Å². The van der Waals surface area contributed by atoms with Crippen LogP contribution in [0.15, 0.2) is 18.2 Å². The predicted octanol–water partition coefficient (Wildman–Crippen LogP) is 2.24. The fourth-order valence-corrected chi connectivity index (χ4v) is 2.85. The highest BCUT2D eigenvalue weighted by molar-refractivity contribution is 5.22. The Hall–Kier alpha value is -1.04. The van der Waals surface area contributed by atoms with Gasteiger partial charge in [0.15, 0.2) is 0 Å². The lowest BCUT2D eigenvalue weighted by Gasteiger charge is -2.36. The Morgan fingerprint density at radius 2 is 1.62 bits per heavy atom.